The number of phenolic OH excluding ortho intramolecular Hbond substituents is 1. The molecule has 1 aliphatic heterocycles. The number of nitriles is 1. The van der Waals surface area contributed by atoms with Crippen LogP contribution in [0.5, 0.6) is 17.2 Å². The van der Waals surface area contributed by atoms with E-state index < -0.39 is 7.12 Å². The predicted octanol–water partition coefficient (Wildman–Crippen LogP) is 1.93. The molecule has 0 spiro atoms. The minimum atomic E-state index is -0.901. The number of rotatable bonds is 2. The average Bonchev–Trinajstić information content (AvgIpc) is 2.80. The van der Waals surface area contributed by atoms with Crippen molar-refractivity contribution in [3.63, 3.8) is 0 Å². The van der Waals surface area contributed by atoms with E-state index in [0.29, 0.717) is 23.6 Å². The maximum Gasteiger partial charge on any atom is 0.491 e. The smallest absolute Gasteiger partial charge is 0.491 e. The second kappa shape index (κ2) is 5.30. The SMILES string of the molecule is N#Cc1c(O)cc(Oc2ccc3c(c2)COB3O)cc1Cl. The molecule has 5 nitrogen and oxygen atoms in total. The van der Waals surface area contributed by atoms with Gasteiger partial charge in [0.25, 0.3) is 0 Å². The highest BCUT2D eigenvalue weighted by Gasteiger charge is 2.27. The number of hydrogen-bond donors (Lipinski definition) is 2. The molecule has 1 aliphatic rings. The van der Waals surface area contributed by atoms with E-state index in [-0.39, 0.29) is 16.3 Å². The van der Waals surface area contributed by atoms with Crippen LogP contribution in [-0.4, -0.2) is 17.2 Å². The Bertz CT molecular complexity index is 736. The summed E-state index contributed by atoms with van der Waals surface area (Å²) in [5.74, 6) is 0.599. The van der Waals surface area contributed by atoms with Crippen LogP contribution in [0.2, 0.25) is 5.02 Å². The van der Waals surface area contributed by atoms with Gasteiger partial charge in [0.2, 0.25) is 0 Å². The zero-order chi connectivity index (χ0) is 15.0. The molecule has 1 heterocycles. The van der Waals surface area contributed by atoms with Crippen molar-refractivity contribution in [2.75, 3.05) is 0 Å². The fourth-order valence-corrected chi connectivity index (χ4v) is 2.39. The van der Waals surface area contributed by atoms with Crippen molar-refractivity contribution in [2.24, 2.45) is 0 Å². The van der Waals surface area contributed by atoms with E-state index in [1.807, 2.05) is 6.07 Å². The van der Waals surface area contributed by atoms with Crippen molar-refractivity contribution in [3.05, 3.63) is 46.5 Å². The van der Waals surface area contributed by atoms with E-state index in [1.54, 1.807) is 18.2 Å². The monoisotopic (exact) mass is 301 g/mol. The van der Waals surface area contributed by atoms with Crippen molar-refractivity contribution in [2.45, 2.75) is 6.61 Å². The molecule has 0 fully saturated rings. The molecule has 104 valence electrons. The van der Waals surface area contributed by atoms with Crippen molar-refractivity contribution in [1.82, 2.24) is 0 Å². The number of phenols is 1. The molecule has 0 saturated heterocycles. The molecule has 0 radical (unpaired) electrons. The van der Waals surface area contributed by atoms with Crippen LogP contribution in [0.25, 0.3) is 0 Å². The lowest BCUT2D eigenvalue weighted by atomic mass is 9.80. The van der Waals surface area contributed by atoms with Crippen LogP contribution in [0.1, 0.15) is 11.1 Å². The predicted molar refractivity (Wildman–Crippen MR) is 76.7 cm³/mol. The van der Waals surface area contributed by atoms with E-state index >= 15 is 0 Å². The Kier molecular flexibility index (Phi) is 3.48. The van der Waals surface area contributed by atoms with Crippen LogP contribution in [0, 0.1) is 11.3 Å². The van der Waals surface area contributed by atoms with Crippen LogP contribution in [-0.2, 0) is 11.3 Å². The van der Waals surface area contributed by atoms with Gasteiger partial charge >= 0.3 is 7.12 Å². The maximum absolute atomic E-state index is 9.70. The summed E-state index contributed by atoms with van der Waals surface area (Å²) in [6, 6.07) is 9.73. The van der Waals surface area contributed by atoms with Crippen LogP contribution in [0.15, 0.2) is 30.3 Å². The van der Waals surface area contributed by atoms with Crippen molar-refractivity contribution in [3.8, 4) is 23.3 Å². The second-order valence-corrected chi connectivity index (χ2v) is 4.94. The first-order valence-corrected chi connectivity index (χ1v) is 6.49. The van der Waals surface area contributed by atoms with E-state index in [4.69, 9.17) is 26.3 Å². The molecule has 0 saturated carbocycles. The second-order valence-electron chi connectivity index (χ2n) is 4.54. The first-order valence-electron chi connectivity index (χ1n) is 6.11. The van der Waals surface area contributed by atoms with Gasteiger partial charge in [-0.05, 0) is 23.2 Å². The molecule has 21 heavy (non-hydrogen) atoms. The molecule has 2 aromatic rings. The van der Waals surface area contributed by atoms with E-state index in [2.05, 4.69) is 0 Å². The van der Waals surface area contributed by atoms with Gasteiger partial charge in [0.15, 0.2) is 0 Å². The molecule has 0 bridgehead atoms. The molecule has 0 aliphatic carbocycles. The first-order chi connectivity index (χ1) is 10.1. The number of ether oxygens (including phenoxy) is 1. The van der Waals surface area contributed by atoms with E-state index in [9.17, 15) is 10.1 Å². The lowest BCUT2D eigenvalue weighted by Gasteiger charge is -2.09. The minimum absolute atomic E-state index is 0.00879. The summed E-state index contributed by atoms with van der Waals surface area (Å²) in [6.45, 7) is 0.313. The largest absolute Gasteiger partial charge is 0.506 e. The standard InChI is InChI=1S/C14H9BClNO4/c16-13-4-10(5-14(18)11(13)6-17)21-9-1-2-12-8(3-9)7-20-15(12)19/h1-5,18-19H,7H2. The summed E-state index contributed by atoms with van der Waals surface area (Å²) in [5.41, 5.74) is 1.56. The maximum atomic E-state index is 9.70. The number of hydrogen-bond acceptors (Lipinski definition) is 5. The molecular weight excluding hydrogens is 292 g/mol. The van der Waals surface area contributed by atoms with E-state index in [0.717, 1.165) is 5.56 Å². The van der Waals surface area contributed by atoms with Gasteiger partial charge in [-0.2, -0.15) is 5.26 Å². The minimum Gasteiger partial charge on any atom is -0.506 e. The third-order valence-corrected chi connectivity index (χ3v) is 3.47. The van der Waals surface area contributed by atoms with Gasteiger partial charge in [-0.25, -0.2) is 0 Å². The topological polar surface area (TPSA) is 82.7 Å². The summed E-state index contributed by atoms with van der Waals surface area (Å²) < 4.78 is 10.7. The van der Waals surface area contributed by atoms with E-state index in [1.165, 1.54) is 12.1 Å². The summed E-state index contributed by atoms with van der Waals surface area (Å²) in [4.78, 5) is 0. The summed E-state index contributed by atoms with van der Waals surface area (Å²) in [7, 11) is -0.901. The molecule has 2 N–H and O–H groups in total. The van der Waals surface area contributed by atoms with Crippen LogP contribution in [0.3, 0.4) is 0 Å². The highest BCUT2D eigenvalue weighted by molar-refractivity contribution is 6.61. The summed E-state index contributed by atoms with van der Waals surface area (Å²) >= 11 is 5.90. The number of nitrogens with zero attached hydrogens (tertiary/aromatic N) is 1. The Labute approximate surface area is 126 Å². The molecule has 0 amide bonds. The van der Waals surface area contributed by atoms with Crippen LogP contribution < -0.4 is 10.2 Å². The molecule has 0 aromatic heterocycles. The van der Waals surface area contributed by atoms with Gasteiger partial charge in [-0.1, -0.05) is 17.7 Å². The van der Waals surface area contributed by atoms with Crippen LogP contribution in [0.4, 0.5) is 0 Å². The Morgan fingerprint density at radius 2 is 2.10 bits per heavy atom. The van der Waals surface area contributed by atoms with Gasteiger partial charge in [0.1, 0.15) is 28.9 Å². The normalized spacial score (nSPS) is 12.9. The Morgan fingerprint density at radius 3 is 2.81 bits per heavy atom. The zero-order valence-corrected chi connectivity index (χ0v) is 11.5. The van der Waals surface area contributed by atoms with Gasteiger partial charge in [-0.15, -0.1) is 0 Å². The molecule has 0 atom stereocenters. The number of aromatic hydroxyl groups is 1. The lowest BCUT2D eigenvalue weighted by Crippen LogP contribution is -2.27. The molecule has 0 unspecified atom stereocenters. The third-order valence-electron chi connectivity index (χ3n) is 3.17. The third kappa shape index (κ3) is 2.54. The average molecular weight is 301 g/mol. The number of benzene rings is 2. The number of fused-ring (bicyclic) bond motifs is 1. The Balaban J connectivity index is 1.90. The fourth-order valence-electron chi connectivity index (χ4n) is 2.14. The zero-order valence-electron chi connectivity index (χ0n) is 10.7. The highest BCUT2D eigenvalue weighted by Crippen LogP contribution is 2.33. The quantitative estimate of drug-likeness (QED) is 0.828. The lowest BCUT2D eigenvalue weighted by molar-refractivity contribution is 0.275. The molecule has 2 aromatic carbocycles. The van der Waals surface area contributed by atoms with Gasteiger partial charge in [0.05, 0.1) is 11.6 Å². The Morgan fingerprint density at radius 1 is 1.29 bits per heavy atom. The fraction of sp³-hybridized carbons (Fsp3) is 0.0714. The van der Waals surface area contributed by atoms with Gasteiger partial charge < -0.3 is 19.5 Å². The molecular formula is C14H9BClNO4. The highest BCUT2D eigenvalue weighted by atomic mass is 35.5. The van der Waals surface area contributed by atoms with Crippen molar-refractivity contribution < 1.29 is 19.5 Å². The number of halogens is 1. The summed E-state index contributed by atoms with van der Waals surface area (Å²) in [5, 5.41) is 28.2. The van der Waals surface area contributed by atoms with Crippen molar-refractivity contribution in [1.29, 1.82) is 5.26 Å². The first kappa shape index (κ1) is 13.8. The van der Waals surface area contributed by atoms with Gasteiger partial charge in [-0.3, -0.25) is 0 Å². The van der Waals surface area contributed by atoms with Gasteiger partial charge in [0, 0.05) is 12.1 Å². The van der Waals surface area contributed by atoms with Crippen molar-refractivity contribution >= 4 is 24.2 Å². The molecule has 7 heteroatoms. The Hall–Kier alpha value is -2.20. The summed E-state index contributed by atoms with van der Waals surface area (Å²) in [6.07, 6.45) is 0. The molecule has 3 rings (SSSR count). The van der Waals surface area contributed by atoms with Crippen LogP contribution >= 0.6 is 11.6 Å².